The lowest BCUT2D eigenvalue weighted by molar-refractivity contribution is -0.141. The molecule has 0 spiro atoms. The molecule has 0 aliphatic carbocycles. The van der Waals surface area contributed by atoms with Gasteiger partial charge in [0, 0.05) is 24.7 Å². The van der Waals surface area contributed by atoms with Crippen LogP contribution in [0.25, 0.3) is 0 Å². The molecule has 1 atom stereocenters. The maximum Gasteiger partial charge on any atom is 0.321 e. The molecule has 0 saturated carbocycles. The summed E-state index contributed by atoms with van der Waals surface area (Å²) in [4.78, 5) is 24.8. The molecule has 0 radical (unpaired) electrons. The maximum absolute atomic E-state index is 12.3. The van der Waals surface area contributed by atoms with Gasteiger partial charge in [-0.15, -0.1) is 0 Å². The molecule has 132 valence electrons. The highest BCUT2D eigenvalue weighted by Crippen LogP contribution is 2.29. The fourth-order valence-electron chi connectivity index (χ4n) is 2.42. The van der Waals surface area contributed by atoms with Gasteiger partial charge >= 0.3 is 12.0 Å². The van der Waals surface area contributed by atoms with Crippen molar-refractivity contribution in [3.63, 3.8) is 0 Å². The van der Waals surface area contributed by atoms with Gasteiger partial charge in [-0.05, 0) is 31.5 Å². The van der Waals surface area contributed by atoms with Crippen molar-refractivity contribution in [1.29, 1.82) is 0 Å². The van der Waals surface area contributed by atoms with E-state index < -0.39 is 11.9 Å². The molecule has 2 amide bonds. The number of aliphatic carboxylic acids is 1. The summed E-state index contributed by atoms with van der Waals surface area (Å²) >= 11 is 5.99. The van der Waals surface area contributed by atoms with Crippen LogP contribution in [-0.4, -0.2) is 54.9 Å². The van der Waals surface area contributed by atoms with Gasteiger partial charge < -0.3 is 24.8 Å². The van der Waals surface area contributed by atoms with E-state index in [0.717, 1.165) is 0 Å². The van der Waals surface area contributed by atoms with E-state index in [-0.39, 0.29) is 12.6 Å². The Hall–Kier alpha value is -1.99. The van der Waals surface area contributed by atoms with Crippen molar-refractivity contribution in [2.75, 3.05) is 38.2 Å². The molecule has 0 aromatic heterocycles. The summed E-state index contributed by atoms with van der Waals surface area (Å²) in [7, 11) is 0. The summed E-state index contributed by atoms with van der Waals surface area (Å²) in [5, 5.41) is 12.2. The van der Waals surface area contributed by atoms with Gasteiger partial charge in [0.25, 0.3) is 0 Å². The monoisotopic (exact) mass is 356 g/mol. The number of hydrogen-bond donors (Lipinski definition) is 2. The third-order valence-corrected chi connectivity index (χ3v) is 3.93. The number of carboxylic acid groups (broad SMARTS) is 1. The van der Waals surface area contributed by atoms with E-state index in [2.05, 4.69) is 5.32 Å². The number of nitrogens with one attached hydrogen (secondary N) is 1. The van der Waals surface area contributed by atoms with Crippen LogP contribution in [0.3, 0.4) is 0 Å². The second-order valence-electron chi connectivity index (χ2n) is 5.39. The lowest BCUT2D eigenvalue weighted by Gasteiger charge is -2.19. The summed E-state index contributed by atoms with van der Waals surface area (Å²) < 4.78 is 10.8. The van der Waals surface area contributed by atoms with E-state index in [1.165, 1.54) is 4.90 Å². The first-order valence-electron chi connectivity index (χ1n) is 7.80. The van der Waals surface area contributed by atoms with Gasteiger partial charge in [0.1, 0.15) is 12.4 Å². The number of amides is 2. The molecule has 8 heteroatoms. The van der Waals surface area contributed by atoms with Gasteiger partial charge in [-0.2, -0.15) is 0 Å². The summed E-state index contributed by atoms with van der Waals surface area (Å²) in [6.45, 7) is 3.90. The number of ether oxygens (including phenoxy) is 2. The first-order valence-corrected chi connectivity index (χ1v) is 8.18. The number of carbonyl (C=O) groups is 2. The molecule has 1 saturated heterocycles. The predicted molar refractivity (Wildman–Crippen MR) is 89.8 cm³/mol. The van der Waals surface area contributed by atoms with Gasteiger partial charge in [0.15, 0.2) is 0 Å². The van der Waals surface area contributed by atoms with Crippen LogP contribution in [0.15, 0.2) is 18.2 Å². The number of halogens is 1. The molecule has 1 aromatic carbocycles. The van der Waals surface area contributed by atoms with E-state index in [9.17, 15) is 9.59 Å². The Bertz CT molecular complexity index is 596. The lowest BCUT2D eigenvalue weighted by Crippen LogP contribution is -2.34. The summed E-state index contributed by atoms with van der Waals surface area (Å²) in [5.74, 6) is -0.911. The van der Waals surface area contributed by atoms with Crippen LogP contribution in [0.5, 0.6) is 5.75 Å². The number of benzene rings is 1. The number of urea groups is 1. The molecule has 1 aliphatic heterocycles. The fourth-order valence-corrected chi connectivity index (χ4v) is 2.59. The van der Waals surface area contributed by atoms with Gasteiger partial charge in [0.2, 0.25) is 0 Å². The van der Waals surface area contributed by atoms with E-state index in [1.807, 2.05) is 6.92 Å². The average Bonchev–Trinajstić information content (AvgIpc) is 3.03. The zero-order valence-corrected chi connectivity index (χ0v) is 14.2. The molecule has 1 fully saturated rings. The first-order chi connectivity index (χ1) is 11.5. The topological polar surface area (TPSA) is 88.1 Å². The Morgan fingerprint density at radius 2 is 2.21 bits per heavy atom. The summed E-state index contributed by atoms with van der Waals surface area (Å²) in [6, 6.07) is 4.58. The van der Waals surface area contributed by atoms with Crippen LogP contribution >= 0.6 is 11.6 Å². The van der Waals surface area contributed by atoms with Gasteiger partial charge in [0.05, 0.1) is 18.2 Å². The minimum Gasteiger partial charge on any atom is -0.489 e. The van der Waals surface area contributed by atoms with E-state index in [1.54, 1.807) is 18.2 Å². The molecule has 1 heterocycles. The molecular formula is C16H21ClN2O5. The smallest absolute Gasteiger partial charge is 0.321 e. The minimum absolute atomic E-state index is 0.197. The van der Waals surface area contributed by atoms with Crippen LogP contribution in [0.2, 0.25) is 5.02 Å². The number of nitrogens with zero attached hydrogens (tertiary/aromatic N) is 1. The molecule has 2 rings (SSSR count). The second-order valence-corrected chi connectivity index (χ2v) is 5.82. The van der Waals surface area contributed by atoms with Crippen molar-refractivity contribution in [3.8, 4) is 5.75 Å². The largest absolute Gasteiger partial charge is 0.489 e. The number of rotatable bonds is 7. The standard InChI is InChI=1S/C16H21ClN2O5/c1-2-23-7-8-24-14-4-3-12(17)9-13(14)18-16(22)19-6-5-11(10-19)15(20)21/h3-4,9,11H,2,5-8,10H2,1H3,(H,18,22)(H,20,21). The fraction of sp³-hybridized carbons (Fsp3) is 0.500. The highest BCUT2D eigenvalue weighted by Gasteiger charge is 2.31. The lowest BCUT2D eigenvalue weighted by atomic mass is 10.1. The SMILES string of the molecule is CCOCCOc1ccc(Cl)cc1NC(=O)N1CCC(C(=O)O)C1. The number of carboxylic acids is 1. The Kier molecular flexibility index (Phi) is 6.69. The zero-order valence-electron chi connectivity index (χ0n) is 13.5. The molecular weight excluding hydrogens is 336 g/mol. The van der Waals surface area contributed by atoms with Crippen molar-refractivity contribution in [3.05, 3.63) is 23.2 Å². The second kappa shape index (κ2) is 8.75. The van der Waals surface area contributed by atoms with Crippen molar-refractivity contribution in [2.24, 2.45) is 5.92 Å². The summed E-state index contributed by atoms with van der Waals surface area (Å²) in [5.41, 5.74) is 0.447. The number of hydrogen-bond acceptors (Lipinski definition) is 4. The van der Waals surface area contributed by atoms with Crippen molar-refractivity contribution in [1.82, 2.24) is 4.90 Å². The Balaban J connectivity index is 1.98. The molecule has 2 N–H and O–H groups in total. The van der Waals surface area contributed by atoms with Crippen molar-refractivity contribution in [2.45, 2.75) is 13.3 Å². The predicted octanol–water partition coefficient (Wildman–Crippen LogP) is 2.69. The minimum atomic E-state index is -0.881. The third kappa shape index (κ3) is 5.01. The molecule has 1 unspecified atom stereocenters. The average molecular weight is 357 g/mol. The Morgan fingerprint density at radius 1 is 1.42 bits per heavy atom. The van der Waals surface area contributed by atoms with Gasteiger partial charge in [-0.3, -0.25) is 4.79 Å². The molecule has 1 aliphatic rings. The quantitative estimate of drug-likeness (QED) is 0.733. The normalized spacial score (nSPS) is 16.9. The van der Waals surface area contributed by atoms with Crippen molar-refractivity contribution >= 4 is 29.3 Å². The van der Waals surface area contributed by atoms with Crippen LogP contribution in [0.1, 0.15) is 13.3 Å². The van der Waals surface area contributed by atoms with Crippen LogP contribution in [-0.2, 0) is 9.53 Å². The van der Waals surface area contributed by atoms with Crippen LogP contribution in [0.4, 0.5) is 10.5 Å². The van der Waals surface area contributed by atoms with Crippen molar-refractivity contribution < 1.29 is 24.2 Å². The van der Waals surface area contributed by atoms with E-state index >= 15 is 0 Å². The molecule has 24 heavy (non-hydrogen) atoms. The zero-order chi connectivity index (χ0) is 17.5. The molecule has 7 nitrogen and oxygen atoms in total. The van der Waals surface area contributed by atoms with E-state index in [0.29, 0.717) is 49.2 Å². The van der Waals surface area contributed by atoms with E-state index in [4.69, 9.17) is 26.2 Å². The van der Waals surface area contributed by atoms with Crippen LogP contribution in [0, 0.1) is 5.92 Å². The highest BCUT2D eigenvalue weighted by molar-refractivity contribution is 6.31. The number of likely N-dealkylation sites (tertiary alicyclic amines) is 1. The molecule has 1 aromatic rings. The summed E-state index contributed by atoms with van der Waals surface area (Å²) in [6.07, 6.45) is 0.454. The number of anilines is 1. The first kappa shape index (κ1) is 18.4. The van der Waals surface area contributed by atoms with Gasteiger partial charge in [-0.1, -0.05) is 11.6 Å². The van der Waals surface area contributed by atoms with Gasteiger partial charge in [-0.25, -0.2) is 4.79 Å². The Morgan fingerprint density at radius 3 is 2.88 bits per heavy atom. The molecule has 0 bridgehead atoms. The van der Waals surface area contributed by atoms with Crippen LogP contribution < -0.4 is 10.1 Å². The highest BCUT2D eigenvalue weighted by atomic mass is 35.5. The maximum atomic E-state index is 12.3. The Labute approximate surface area is 145 Å². The number of carbonyl (C=O) groups excluding carboxylic acids is 1. The third-order valence-electron chi connectivity index (χ3n) is 3.70.